The summed E-state index contributed by atoms with van der Waals surface area (Å²) in [4.78, 5) is 4.47. The molecule has 8 heteroatoms. The maximum atomic E-state index is 5.36. The van der Waals surface area contributed by atoms with Crippen LogP contribution in [0.15, 0.2) is 52.0 Å². The zero-order chi connectivity index (χ0) is 19.5. The summed E-state index contributed by atoms with van der Waals surface area (Å²) in [6, 6.07) is 14.0. The molecular weight excluding hydrogens is 372 g/mol. The largest absolute Gasteiger partial charge is 0.338 e. The van der Waals surface area contributed by atoms with Crippen molar-refractivity contribution in [2.75, 3.05) is 0 Å². The Balaban J connectivity index is 1.40. The first-order chi connectivity index (χ1) is 13.6. The highest BCUT2D eigenvalue weighted by Gasteiger charge is 2.11. The maximum Gasteiger partial charge on any atom is 0.237 e. The van der Waals surface area contributed by atoms with Crippen LogP contribution in [-0.2, 0) is 12.2 Å². The molecular formula is C20H20N6OS. The number of hydrogen-bond acceptors (Lipinski definition) is 7. The Morgan fingerprint density at radius 3 is 2.50 bits per heavy atom. The fourth-order valence-electron chi connectivity index (χ4n) is 2.82. The number of aromatic nitrogens is 6. The van der Waals surface area contributed by atoms with Crippen molar-refractivity contribution in [1.82, 2.24) is 30.1 Å². The summed E-state index contributed by atoms with van der Waals surface area (Å²) in [5.74, 6) is 2.40. The molecule has 0 spiro atoms. The fourth-order valence-corrected chi connectivity index (χ4v) is 3.47. The van der Waals surface area contributed by atoms with Gasteiger partial charge >= 0.3 is 0 Å². The third kappa shape index (κ3) is 3.96. The van der Waals surface area contributed by atoms with E-state index < -0.39 is 0 Å². The average molecular weight is 392 g/mol. The molecule has 0 N–H and O–H groups in total. The lowest BCUT2D eigenvalue weighted by atomic mass is 10.1. The topological polar surface area (TPSA) is 82.5 Å². The second kappa shape index (κ2) is 7.93. The molecule has 0 amide bonds. The molecule has 4 aromatic rings. The molecule has 4 rings (SSSR count). The minimum Gasteiger partial charge on any atom is -0.338 e. The third-order valence-corrected chi connectivity index (χ3v) is 5.19. The molecule has 142 valence electrons. The molecule has 7 nitrogen and oxygen atoms in total. The van der Waals surface area contributed by atoms with Crippen LogP contribution in [0.5, 0.6) is 0 Å². The second-order valence-electron chi connectivity index (χ2n) is 6.42. The summed E-state index contributed by atoms with van der Waals surface area (Å²) in [6.07, 6.45) is 1.01. The molecule has 0 radical (unpaired) electrons. The Morgan fingerprint density at radius 2 is 1.86 bits per heavy atom. The van der Waals surface area contributed by atoms with Gasteiger partial charge in [-0.1, -0.05) is 48.1 Å². The van der Waals surface area contributed by atoms with E-state index in [2.05, 4.69) is 44.5 Å². The standard InChI is InChI=1S/C20H20N6OS/c1-4-15-5-7-16(8-6-15)20-21-18(27-25-20)12-28-19-10-9-17(22-23-19)26-14(3)11-13(2)24-26/h5-11H,4,12H2,1-3H3. The van der Waals surface area contributed by atoms with E-state index in [0.717, 1.165) is 28.4 Å². The van der Waals surface area contributed by atoms with Crippen LogP contribution < -0.4 is 0 Å². The molecule has 1 aromatic carbocycles. The number of aryl methyl sites for hydroxylation is 3. The molecule has 0 bridgehead atoms. The first kappa shape index (κ1) is 18.4. The lowest BCUT2D eigenvalue weighted by molar-refractivity contribution is 0.391. The molecule has 0 aliphatic rings. The summed E-state index contributed by atoms with van der Waals surface area (Å²) >= 11 is 1.50. The van der Waals surface area contributed by atoms with E-state index >= 15 is 0 Å². The van der Waals surface area contributed by atoms with Gasteiger partial charge in [0.1, 0.15) is 5.03 Å². The van der Waals surface area contributed by atoms with E-state index in [9.17, 15) is 0 Å². The van der Waals surface area contributed by atoms with Crippen LogP contribution in [0.1, 0.15) is 29.8 Å². The average Bonchev–Trinajstić information content (AvgIpc) is 3.33. The van der Waals surface area contributed by atoms with E-state index in [4.69, 9.17) is 4.52 Å². The third-order valence-electron chi connectivity index (χ3n) is 4.28. The molecule has 0 saturated carbocycles. The van der Waals surface area contributed by atoms with E-state index in [1.54, 1.807) is 4.68 Å². The Labute approximate surface area is 167 Å². The monoisotopic (exact) mass is 392 g/mol. The Kier molecular flexibility index (Phi) is 5.21. The van der Waals surface area contributed by atoms with Gasteiger partial charge in [-0.3, -0.25) is 0 Å². The number of benzene rings is 1. The fraction of sp³-hybridized carbons (Fsp3) is 0.250. The zero-order valence-electron chi connectivity index (χ0n) is 16.0. The Hall–Kier alpha value is -3.00. The predicted molar refractivity (Wildman–Crippen MR) is 107 cm³/mol. The van der Waals surface area contributed by atoms with Crippen molar-refractivity contribution < 1.29 is 4.52 Å². The summed E-state index contributed by atoms with van der Waals surface area (Å²) in [6.45, 7) is 6.08. The van der Waals surface area contributed by atoms with Gasteiger partial charge in [-0.2, -0.15) is 10.1 Å². The highest BCUT2D eigenvalue weighted by molar-refractivity contribution is 7.98. The van der Waals surface area contributed by atoms with Gasteiger partial charge in [-0.25, -0.2) is 4.68 Å². The first-order valence-corrected chi connectivity index (χ1v) is 10.0. The molecule has 0 saturated heterocycles. The van der Waals surface area contributed by atoms with Gasteiger partial charge in [0.2, 0.25) is 11.7 Å². The molecule has 0 fully saturated rings. The van der Waals surface area contributed by atoms with Crippen LogP contribution in [0.25, 0.3) is 17.2 Å². The smallest absolute Gasteiger partial charge is 0.237 e. The van der Waals surface area contributed by atoms with E-state index in [1.165, 1.54) is 17.3 Å². The van der Waals surface area contributed by atoms with Crippen molar-refractivity contribution in [3.8, 4) is 17.2 Å². The quantitative estimate of drug-likeness (QED) is 0.455. The van der Waals surface area contributed by atoms with Crippen LogP contribution in [0.2, 0.25) is 0 Å². The molecule has 0 unspecified atom stereocenters. The van der Waals surface area contributed by atoms with E-state index in [-0.39, 0.29) is 0 Å². The van der Waals surface area contributed by atoms with Gasteiger partial charge in [-0.15, -0.1) is 10.2 Å². The van der Waals surface area contributed by atoms with Crippen molar-refractivity contribution in [1.29, 1.82) is 0 Å². The number of hydrogen-bond donors (Lipinski definition) is 0. The Morgan fingerprint density at radius 1 is 1.04 bits per heavy atom. The SMILES string of the molecule is CCc1ccc(-c2noc(CSc3ccc(-n4nc(C)cc4C)nn3)n2)cc1. The van der Waals surface area contributed by atoms with Crippen LogP contribution >= 0.6 is 11.8 Å². The minimum atomic E-state index is 0.536. The van der Waals surface area contributed by atoms with Gasteiger partial charge < -0.3 is 4.52 Å². The number of thioether (sulfide) groups is 1. The van der Waals surface area contributed by atoms with Gasteiger partial charge in [-0.05, 0) is 44.0 Å². The molecule has 3 heterocycles. The van der Waals surface area contributed by atoms with E-state index in [1.807, 2.05) is 44.2 Å². The summed E-state index contributed by atoms with van der Waals surface area (Å²) < 4.78 is 7.15. The molecule has 0 aliphatic carbocycles. The van der Waals surface area contributed by atoms with Crippen LogP contribution in [0, 0.1) is 13.8 Å². The minimum absolute atomic E-state index is 0.536. The highest BCUT2D eigenvalue weighted by Crippen LogP contribution is 2.23. The van der Waals surface area contributed by atoms with Crippen LogP contribution in [0.4, 0.5) is 0 Å². The summed E-state index contributed by atoms with van der Waals surface area (Å²) in [5.41, 5.74) is 4.21. The number of rotatable bonds is 6. The predicted octanol–water partition coefficient (Wildman–Crippen LogP) is 4.18. The lowest BCUT2D eigenvalue weighted by Crippen LogP contribution is -2.03. The van der Waals surface area contributed by atoms with Crippen molar-refractivity contribution in [2.24, 2.45) is 0 Å². The zero-order valence-corrected chi connectivity index (χ0v) is 16.8. The molecule has 28 heavy (non-hydrogen) atoms. The van der Waals surface area contributed by atoms with Gasteiger partial charge in [0.25, 0.3) is 0 Å². The normalized spacial score (nSPS) is 11.1. The molecule has 3 aromatic heterocycles. The summed E-state index contributed by atoms with van der Waals surface area (Å²) in [5, 5.41) is 17.8. The Bertz CT molecular complexity index is 1070. The van der Waals surface area contributed by atoms with Crippen molar-refractivity contribution >= 4 is 11.8 Å². The van der Waals surface area contributed by atoms with Crippen molar-refractivity contribution in [3.63, 3.8) is 0 Å². The maximum absolute atomic E-state index is 5.36. The van der Waals surface area contributed by atoms with Gasteiger partial charge in [0.05, 0.1) is 11.4 Å². The van der Waals surface area contributed by atoms with Gasteiger partial charge in [0, 0.05) is 11.3 Å². The van der Waals surface area contributed by atoms with E-state index in [0.29, 0.717) is 23.3 Å². The first-order valence-electron chi connectivity index (χ1n) is 9.04. The molecule has 0 aliphatic heterocycles. The molecule has 0 atom stereocenters. The second-order valence-corrected chi connectivity index (χ2v) is 7.42. The number of nitrogens with zero attached hydrogens (tertiary/aromatic N) is 6. The van der Waals surface area contributed by atoms with Crippen LogP contribution in [0.3, 0.4) is 0 Å². The lowest BCUT2D eigenvalue weighted by Gasteiger charge is -2.03. The van der Waals surface area contributed by atoms with Crippen molar-refractivity contribution in [3.05, 3.63) is 65.3 Å². The summed E-state index contributed by atoms with van der Waals surface area (Å²) in [7, 11) is 0. The van der Waals surface area contributed by atoms with Gasteiger partial charge in [0.15, 0.2) is 5.82 Å². The van der Waals surface area contributed by atoms with Crippen LogP contribution in [-0.4, -0.2) is 30.1 Å². The van der Waals surface area contributed by atoms with Crippen molar-refractivity contribution in [2.45, 2.75) is 38.0 Å². The highest BCUT2D eigenvalue weighted by atomic mass is 32.2.